The zero-order valence-electron chi connectivity index (χ0n) is 12.0. The van der Waals surface area contributed by atoms with Gasteiger partial charge in [0.05, 0.1) is 15.1 Å². The highest BCUT2D eigenvalue weighted by Crippen LogP contribution is 2.28. The Morgan fingerprint density at radius 1 is 1.23 bits per heavy atom. The molecule has 0 fully saturated rings. The minimum atomic E-state index is -3.49. The van der Waals surface area contributed by atoms with Crippen LogP contribution < -0.4 is 5.32 Å². The summed E-state index contributed by atoms with van der Waals surface area (Å²) in [6.45, 7) is 1.29. The van der Waals surface area contributed by atoms with Gasteiger partial charge in [-0.2, -0.15) is 0 Å². The molecule has 1 aromatic heterocycles. The Bertz CT molecular complexity index is 944. The van der Waals surface area contributed by atoms with Gasteiger partial charge in [-0.05, 0) is 25.1 Å². The molecule has 0 aliphatic rings. The molecule has 7 nitrogen and oxygen atoms in total. The second-order valence-corrected chi connectivity index (χ2v) is 10.3. The lowest BCUT2D eigenvalue weighted by molar-refractivity contribution is -0.115. The fourth-order valence-electron chi connectivity index (χ4n) is 1.59. The van der Waals surface area contributed by atoms with E-state index in [4.69, 9.17) is 0 Å². The van der Waals surface area contributed by atoms with Crippen molar-refractivity contribution in [3.05, 3.63) is 18.2 Å². The van der Waals surface area contributed by atoms with Crippen LogP contribution in [0.15, 0.2) is 23.1 Å². The van der Waals surface area contributed by atoms with Gasteiger partial charge in [-0.1, -0.05) is 11.3 Å². The van der Waals surface area contributed by atoms with Crippen molar-refractivity contribution in [1.29, 1.82) is 0 Å². The third-order valence-electron chi connectivity index (χ3n) is 3.03. The number of benzene rings is 1. The van der Waals surface area contributed by atoms with Gasteiger partial charge in [0.25, 0.3) is 0 Å². The number of carbonyl (C=O) groups is 1. The van der Waals surface area contributed by atoms with E-state index < -0.39 is 30.8 Å². The number of sulfone groups is 2. The maximum atomic E-state index is 11.8. The summed E-state index contributed by atoms with van der Waals surface area (Å²) in [5.74, 6) is -0.676. The number of carbonyl (C=O) groups excluding carboxylic acids is 1. The van der Waals surface area contributed by atoms with Crippen LogP contribution in [0.5, 0.6) is 0 Å². The van der Waals surface area contributed by atoms with Crippen LogP contribution in [0.1, 0.15) is 6.92 Å². The van der Waals surface area contributed by atoms with Crippen LogP contribution in [0.2, 0.25) is 0 Å². The van der Waals surface area contributed by atoms with E-state index in [0.717, 1.165) is 23.8 Å². The number of thiazole rings is 1. The number of hydrogen-bond acceptors (Lipinski definition) is 7. The summed E-state index contributed by atoms with van der Waals surface area (Å²) in [7, 11) is -6.82. The molecule has 0 saturated carbocycles. The third-order valence-corrected chi connectivity index (χ3v) is 6.57. The van der Waals surface area contributed by atoms with Crippen molar-refractivity contribution in [2.75, 3.05) is 17.8 Å². The van der Waals surface area contributed by atoms with Crippen molar-refractivity contribution in [2.45, 2.75) is 17.1 Å². The zero-order chi connectivity index (χ0) is 16.7. The summed E-state index contributed by atoms with van der Waals surface area (Å²) in [5, 5.41) is 1.47. The molecule has 120 valence electrons. The highest BCUT2D eigenvalue weighted by Gasteiger charge is 2.24. The molecule has 1 aromatic carbocycles. The number of amides is 1. The summed E-state index contributed by atoms with van der Waals surface area (Å²) >= 11 is 1.08. The minimum absolute atomic E-state index is 0.158. The lowest BCUT2D eigenvalue weighted by Crippen LogP contribution is -2.31. The van der Waals surface area contributed by atoms with Gasteiger partial charge in [-0.3, -0.25) is 4.79 Å². The fraction of sp³-hybridized carbons (Fsp3) is 0.333. The Morgan fingerprint density at radius 2 is 1.86 bits per heavy atom. The number of anilines is 1. The average molecular weight is 362 g/mol. The second kappa shape index (κ2) is 5.60. The molecule has 1 unspecified atom stereocenters. The van der Waals surface area contributed by atoms with E-state index in [1.165, 1.54) is 25.1 Å². The van der Waals surface area contributed by atoms with Gasteiger partial charge in [0.1, 0.15) is 5.25 Å². The summed E-state index contributed by atoms with van der Waals surface area (Å²) in [6.07, 6.45) is 2.08. The lowest BCUT2D eigenvalue weighted by Gasteiger charge is -2.07. The zero-order valence-corrected chi connectivity index (χ0v) is 14.5. The normalized spacial score (nSPS) is 14.0. The van der Waals surface area contributed by atoms with Crippen LogP contribution in [0.4, 0.5) is 5.13 Å². The summed E-state index contributed by atoms with van der Waals surface area (Å²) in [6, 6.07) is 4.44. The predicted octanol–water partition coefficient (Wildman–Crippen LogP) is 1.07. The van der Waals surface area contributed by atoms with Crippen molar-refractivity contribution in [2.24, 2.45) is 0 Å². The molecule has 10 heteroatoms. The SMILES string of the molecule is CC(C(=O)Nc1nc2ccc(S(C)(=O)=O)cc2s1)S(C)(=O)=O. The summed E-state index contributed by atoms with van der Waals surface area (Å²) < 4.78 is 46.3. The van der Waals surface area contributed by atoms with E-state index in [9.17, 15) is 21.6 Å². The van der Waals surface area contributed by atoms with Gasteiger partial charge < -0.3 is 5.32 Å². The highest BCUT2D eigenvalue weighted by atomic mass is 32.2. The molecule has 2 rings (SSSR count). The predicted molar refractivity (Wildman–Crippen MR) is 85.7 cm³/mol. The van der Waals surface area contributed by atoms with E-state index in [2.05, 4.69) is 10.3 Å². The third kappa shape index (κ3) is 3.62. The molecule has 0 bridgehead atoms. The second-order valence-electron chi connectivity index (χ2n) is 4.88. The van der Waals surface area contributed by atoms with Gasteiger partial charge >= 0.3 is 0 Å². The molecule has 0 radical (unpaired) electrons. The molecule has 22 heavy (non-hydrogen) atoms. The van der Waals surface area contributed by atoms with Crippen LogP contribution in [0.25, 0.3) is 10.2 Å². The van der Waals surface area contributed by atoms with E-state index in [1.54, 1.807) is 0 Å². The van der Waals surface area contributed by atoms with Crippen LogP contribution in [-0.2, 0) is 24.5 Å². The number of nitrogens with zero attached hydrogens (tertiary/aromatic N) is 1. The largest absolute Gasteiger partial charge is 0.301 e. The standard InChI is InChI=1S/C12H14N2O5S3/c1-7(21(2,16)17)11(15)14-12-13-9-5-4-8(22(3,18)19)6-10(9)20-12/h4-7H,1-3H3,(H,13,14,15). The van der Waals surface area contributed by atoms with Crippen molar-refractivity contribution >= 4 is 52.3 Å². The first-order valence-corrected chi connectivity index (χ1v) is 10.7. The number of nitrogens with one attached hydrogen (secondary N) is 1. The first kappa shape index (κ1) is 16.8. The number of fused-ring (bicyclic) bond motifs is 1. The Kier molecular flexibility index (Phi) is 4.28. The van der Waals surface area contributed by atoms with E-state index in [0.29, 0.717) is 10.2 Å². The summed E-state index contributed by atoms with van der Waals surface area (Å²) in [5.41, 5.74) is 0.528. The first-order valence-electron chi connectivity index (χ1n) is 6.09. The Morgan fingerprint density at radius 3 is 2.41 bits per heavy atom. The monoisotopic (exact) mass is 362 g/mol. The van der Waals surface area contributed by atoms with Crippen LogP contribution in [0.3, 0.4) is 0 Å². The van der Waals surface area contributed by atoms with Gasteiger partial charge in [-0.25, -0.2) is 21.8 Å². The van der Waals surface area contributed by atoms with Crippen molar-refractivity contribution < 1.29 is 21.6 Å². The molecule has 2 aromatic rings. The van der Waals surface area contributed by atoms with Crippen molar-refractivity contribution in [1.82, 2.24) is 4.98 Å². The van der Waals surface area contributed by atoms with E-state index in [-0.39, 0.29) is 10.0 Å². The smallest absolute Gasteiger partial charge is 0.244 e. The maximum absolute atomic E-state index is 11.8. The minimum Gasteiger partial charge on any atom is -0.301 e. The van der Waals surface area contributed by atoms with Crippen LogP contribution in [-0.4, -0.2) is 45.5 Å². The molecule has 0 spiro atoms. The van der Waals surface area contributed by atoms with E-state index >= 15 is 0 Å². The van der Waals surface area contributed by atoms with Gasteiger partial charge in [0.2, 0.25) is 5.91 Å². The Balaban J connectivity index is 2.33. The number of aromatic nitrogens is 1. The molecule has 1 N–H and O–H groups in total. The van der Waals surface area contributed by atoms with E-state index in [1.807, 2.05) is 0 Å². The molecular weight excluding hydrogens is 348 g/mol. The van der Waals surface area contributed by atoms with Gasteiger partial charge in [-0.15, -0.1) is 0 Å². The van der Waals surface area contributed by atoms with Gasteiger partial charge in [0.15, 0.2) is 24.8 Å². The average Bonchev–Trinajstić information content (AvgIpc) is 2.76. The Labute approximate surface area is 132 Å². The number of rotatable bonds is 4. The van der Waals surface area contributed by atoms with Crippen molar-refractivity contribution in [3.63, 3.8) is 0 Å². The van der Waals surface area contributed by atoms with Crippen molar-refractivity contribution in [3.8, 4) is 0 Å². The molecule has 1 atom stereocenters. The molecule has 0 aliphatic carbocycles. The highest BCUT2D eigenvalue weighted by molar-refractivity contribution is 7.92. The topological polar surface area (TPSA) is 110 Å². The van der Waals surface area contributed by atoms with Gasteiger partial charge in [0, 0.05) is 12.5 Å². The molecule has 1 amide bonds. The quantitative estimate of drug-likeness (QED) is 0.871. The molecule has 1 heterocycles. The Hall–Kier alpha value is -1.52. The summed E-state index contributed by atoms with van der Waals surface area (Å²) in [4.78, 5) is 16.1. The molecule has 0 saturated heterocycles. The lowest BCUT2D eigenvalue weighted by atomic mass is 10.3. The van der Waals surface area contributed by atoms with Crippen LogP contribution >= 0.6 is 11.3 Å². The fourth-order valence-corrected chi connectivity index (χ4v) is 3.67. The molecule has 0 aliphatic heterocycles. The van der Waals surface area contributed by atoms with Crippen LogP contribution in [0, 0.1) is 0 Å². The maximum Gasteiger partial charge on any atom is 0.244 e. The number of hydrogen-bond donors (Lipinski definition) is 1. The first-order chi connectivity index (χ1) is 9.98. The molecular formula is C12H14N2O5S3.